The number of benzene rings is 1. The third-order valence-electron chi connectivity index (χ3n) is 3.89. The average molecular weight is 290 g/mol. The van der Waals surface area contributed by atoms with Gasteiger partial charge in [0.1, 0.15) is 6.17 Å². The molecule has 20 heavy (non-hydrogen) atoms. The summed E-state index contributed by atoms with van der Waals surface area (Å²) in [4.78, 5) is 4.58. The second kappa shape index (κ2) is 6.46. The fraction of sp³-hybridized carbons (Fsp3) is 0.438. The van der Waals surface area contributed by atoms with Crippen LogP contribution in [-0.4, -0.2) is 24.2 Å². The minimum absolute atomic E-state index is 0.195. The first kappa shape index (κ1) is 13.7. The van der Waals surface area contributed by atoms with Crippen molar-refractivity contribution in [1.29, 1.82) is 0 Å². The van der Waals surface area contributed by atoms with Gasteiger partial charge in [-0.1, -0.05) is 30.3 Å². The van der Waals surface area contributed by atoms with Crippen molar-refractivity contribution in [3.63, 3.8) is 0 Å². The van der Waals surface area contributed by atoms with Crippen molar-refractivity contribution >= 4 is 11.3 Å². The van der Waals surface area contributed by atoms with Crippen molar-refractivity contribution in [2.45, 2.75) is 25.4 Å². The summed E-state index contributed by atoms with van der Waals surface area (Å²) in [5.41, 5.74) is 2.07. The maximum Gasteiger partial charge on any atom is 0.109 e. The topological polar surface area (TPSA) is 24.9 Å². The summed E-state index contributed by atoms with van der Waals surface area (Å²) in [6.45, 7) is 1.89. The van der Waals surface area contributed by atoms with Gasteiger partial charge in [-0.3, -0.25) is 0 Å². The van der Waals surface area contributed by atoms with Gasteiger partial charge in [0.25, 0.3) is 0 Å². The highest BCUT2D eigenvalue weighted by atomic mass is 32.1. The molecule has 1 aliphatic rings. The van der Waals surface area contributed by atoms with E-state index in [9.17, 15) is 4.39 Å². The number of alkyl halides is 1. The Bertz CT molecular complexity index is 534. The highest BCUT2D eigenvalue weighted by Crippen LogP contribution is 2.26. The summed E-state index contributed by atoms with van der Waals surface area (Å²) in [6.07, 6.45) is 1.59. The van der Waals surface area contributed by atoms with Crippen molar-refractivity contribution in [3.8, 4) is 11.3 Å². The molecule has 2 heterocycles. The van der Waals surface area contributed by atoms with Gasteiger partial charge in [0.05, 0.1) is 10.7 Å². The normalized spacial score (nSPS) is 18.1. The summed E-state index contributed by atoms with van der Waals surface area (Å²) < 4.78 is 14.3. The van der Waals surface area contributed by atoms with Crippen molar-refractivity contribution in [1.82, 2.24) is 10.3 Å². The van der Waals surface area contributed by atoms with Crippen LogP contribution in [0.1, 0.15) is 17.8 Å². The summed E-state index contributed by atoms with van der Waals surface area (Å²) in [7, 11) is 0. The molecule has 2 aromatic rings. The number of nitrogens with zero attached hydrogens (tertiary/aromatic N) is 1. The molecular formula is C16H19FN2S. The van der Waals surface area contributed by atoms with Crippen molar-refractivity contribution in [2.24, 2.45) is 5.92 Å². The smallest absolute Gasteiger partial charge is 0.109 e. The van der Waals surface area contributed by atoms with Gasteiger partial charge in [0.15, 0.2) is 0 Å². The molecular weight excluding hydrogens is 271 g/mol. The average Bonchev–Trinajstić information content (AvgIpc) is 2.97. The molecule has 0 amide bonds. The quantitative estimate of drug-likeness (QED) is 0.929. The molecule has 0 bridgehead atoms. The molecule has 0 saturated carbocycles. The Morgan fingerprint density at radius 1 is 1.25 bits per heavy atom. The number of halogens is 1. The van der Waals surface area contributed by atoms with Gasteiger partial charge in [0.2, 0.25) is 0 Å². The number of aromatic nitrogens is 1. The zero-order valence-electron chi connectivity index (χ0n) is 11.4. The van der Waals surface area contributed by atoms with E-state index in [4.69, 9.17) is 0 Å². The van der Waals surface area contributed by atoms with Crippen molar-refractivity contribution in [3.05, 3.63) is 40.7 Å². The summed E-state index contributed by atoms with van der Waals surface area (Å²) in [6, 6.07) is 10.1. The fourth-order valence-corrected chi connectivity index (χ4v) is 3.53. The first-order valence-electron chi connectivity index (χ1n) is 7.17. The predicted molar refractivity (Wildman–Crippen MR) is 81.7 cm³/mol. The summed E-state index contributed by atoms with van der Waals surface area (Å²) >= 11 is 1.57. The van der Waals surface area contributed by atoms with Crippen LogP contribution >= 0.6 is 11.3 Å². The molecule has 1 N–H and O–H groups in total. The van der Waals surface area contributed by atoms with E-state index < -0.39 is 6.17 Å². The third-order valence-corrected chi connectivity index (χ3v) is 4.76. The van der Waals surface area contributed by atoms with Gasteiger partial charge < -0.3 is 5.32 Å². The number of nitrogens with one attached hydrogen (secondary N) is 1. The Morgan fingerprint density at radius 3 is 2.75 bits per heavy atom. The Kier molecular flexibility index (Phi) is 4.43. The van der Waals surface area contributed by atoms with E-state index in [1.807, 2.05) is 35.7 Å². The van der Waals surface area contributed by atoms with Gasteiger partial charge in [-0.05, 0) is 31.8 Å². The monoisotopic (exact) mass is 290 g/mol. The molecule has 3 rings (SSSR count). The molecule has 0 radical (unpaired) electrons. The fourth-order valence-electron chi connectivity index (χ4n) is 2.69. The standard InChI is InChI=1S/C16H19FN2S/c17-14(12-6-8-18-9-7-12)10-16-19-15(11-20-16)13-4-2-1-3-5-13/h1-5,11-12,14,18H,6-10H2. The Balaban J connectivity index is 1.65. The highest BCUT2D eigenvalue weighted by Gasteiger charge is 2.24. The van der Waals surface area contributed by atoms with E-state index in [0.717, 1.165) is 42.2 Å². The Labute approximate surface area is 123 Å². The van der Waals surface area contributed by atoms with E-state index in [2.05, 4.69) is 10.3 Å². The SMILES string of the molecule is FC(Cc1nc(-c2ccccc2)cs1)C1CCNCC1. The van der Waals surface area contributed by atoms with Crippen LogP contribution in [0.15, 0.2) is 35.7 Å². The van der Waals surface area contributed by atoms with E-state index in [-0.39, 0.29) is 5.92 Å². The summed E-state index contributed by atoms with van der Waals surface area (Å²) in [5, 5.41) is 6.22. The molecule has 0 aliphatic carbocycles. The van der Waals surface area contributed by atoms with Crippen molar-refractivity contribution in [2.75, 3.05) is 13.1 Å². The van der Waals surface area contributed by atoms with E-state index >= 15 is 0 Å². The number of rotatable bonds is 4. The largest absolute Gasteiger partial charge is 0.317 e. The highest BCUT2D eigenvalue weighted by molar-refractivity contribution is 7.09. The molecule has 1 atom stereocenters. The molecule has 1 unspecified atom stereocenters. The zero-order valence-corrected chi connectivity index (χ0v) is 12.2. The number of thiazole rings is 1. The predicted octanol–water partition coefficient (Wildman–Crippen LogP) is 3.69. The summed E-state index contributed by atoms with van der Waals surface area (Å²) in [5.74, 6) is 0.195. The van der Waals surface area contributed by atoms with Crippen LogP contribution in [0.25, 0.3) is 11.3 Å². The Morgan fingerprint density at radius 2 is 2.00 bits per heavy atom. The van der Waals surface area contributed by atoms with Gasteiger partial charge >= 0.3 is 0 Å². The van der Waals surface area contributed by atoms with Crippen LogP contribution in [-0.2, 0) is 6.42 Å². The second-order valence-corrected chi connectivity index (χ2v) is 6.24. The molecule has 1 saturated heterocycles. The van der Waals surface area contributed by atoms with Crippen LogP contribution in [0.3, 0.4) is 0 Å². The third kappa shape index (κ3) is 3.25. The van der Waals surface area contributed by atoms with Gasteiger partial charge in [-0.15, -0.1) is 11.3 Å². The van der Waals surface area contributed by atoms with Crippen LogP contribution < -0.4 is 5.32 Å². The Hall–Kier alpha value is -1.26. The molecule has 0 spiro atoms. The van der Waals surface area contributed by atoms with Crippen LogP contribution in [0.2, 0.25) is 0 Å². The lowest BCUT2D eigenvalue weighted by atomic mass is 9.91. The van der Waals surface area contributed by atoms with Crippen LogP contribution in [0, 0.1) is 5.92 Å². The van der Waals surface area contributed by atoms with Gasteiger partial charge in [-0.25, -0.2) is 9.37 Å². The maximum absolute atomic E-state index is 14.3. The van der Waals surface area contributed by atoms with Gasteiger partial charge in [-0.2, -0.15) is 0 Å². The van der Waals surface area contributed by atoms with Gasteiger partial charge in [0, 0.05) is 17.4 Å². The molecule has 1 aromatic heterocycles. The number of hydrogen-bond acceptors (Lipinski definition) is 3. The number of hydrogen-bond donors (Lipinski definition) is 1. The molecule has 1 fully saturated rings. The van der Waals surface area contributed by atoms with E-state index in [1.165, 1.54) is 0 Å². The molecule has 1 aliphatic heterocycles. The first-order valence-corrected chi connectivity index (χ1v) is 8.05. The molecule has 1 aromatic carbocycles. The lowest BCUT2D eigenvalue weighted by molar-refractivity contribution is 0.187. The number of piperidine rings is 1. The van der Waals surface area contributed by atoms with Crippen LogP contribution in [0.4, 0.5) is 4.39 Å². The molecule has 4 heteroatoms. The lowest BCUT2D eigenvalue weighted by Crippen LogP contribution is -2.33. The van der Waals surface area contributed by atoms with E-state index in [0.29, 0.717) is 6.42 Å². The minimum Gasteiger partial charge on any atom is -0.317 e. The lowest BCUT2D eigenvalue weighted by Gasteiger charge is -2.25. The minimum atomic E-state index is -0.758. The maximum atomic E-state index is 14.3. The van der Waals surface area contributed by atoms with Crippen molar-refractivity contribution < 1.29 is 4.39 Å². The zero-order chi connectivity index (χ0) is 13.8. The van der Waals surface area contributed by atoms with Crippen LogP contribution in [0.5, 0.6) is 0 Å². The van der Waals surface area contributed by atoms with E-state index in [1.54, 1.807) is 11.3 Å². The molecule has 106 valence electrons. The second-order valence-electron chi connectivity index (χ2n) is 5.30. The first-order chi connectivity index (χ1) is 9.83. The molecule has 2 nitrogen and oxygen atoms in total.